The number of carbonyl (C=O) groups excluding carboxylic acids is 2. The molecule has 162 valence electrons. The predicted octanol–water partition coefficient (Wildman–Crippen LogP) is 2.95. The number of halogens is 4. The molecule has 0 bridgehead atoms. The molecule has 2 amide bonds. The number of hydroxylamine groups is 1. The largest absolute Gasteiger partial charge is 0.338 e. The molecule has 12 heteroatoms. The number of nitrogens with one attached hydrogen (secondary N) is 2. The average molecular weight is 429 g/mol. The molecule has 2 unspecified atom stereocenters. The van der Waals surface area contributed by atoms with Crippen LogP contribution in [0.15, 0.2) is 36.7 Å². The van der Waals surface area contributed by atoms with Gasteiger partial charge < -0.3 is 5.32 Å². The highest BCUT2D eigenvalue weighted by atomic mass is 19.3. The van der Waals surface area contributed by atoms with Crippen LogP contribution < -0.4 is 10.8 Å². The fraction of sp³-hybridized carbons (Fsp3) is 0.389. The maximum atomic E-state index is 14.6. The number of nitrogens with zero attached hydrogens (tertiary/aromatic N) is 3. The molecule has 2 rings (SSSR count). The van der Waals surface area contributed by atoms with Crippen LogP contribution in [-0.4, -0.2) is 44.9 Å². The molecule has 0 saturated heterocycles. The molecule has 8 nitrogen and oxygen atoms in total. The minimum atomic E-state index is -4.67. The molecule has 30 heavy (non-hydrogen) atoms. The van der Waals surface area contributed by atoms with Crippen LogP contribution >= 0.6 is 0 Å². The first-order valence-corrected chi connectivity index (χ1v) is 8.64. The smallest absolute Gasteiger partial charge is 0.311 e. The number of pyridine rings is 1. The van der Waals surface area contributed by atoms with E-state index in [2.05, 4.69) is 20.5 Å². The molecular formula is C18H19F4N5O3. The number of alkyl halides is 4. The summed E-state index contributed by atoms with van der Waals surface area (Å²) in [5.74, 6) is -7.50. The minimum Gasteiger partial charge on any atom is -0.311 e. The number of rotatable bonds is 8. The molecule has 0 aliphatic carbocycles. The zero-order chi connectivity index (χ0) is 22.5. The van der Waals surface area contributed by atoms with Gasteiger partial charge in [-0.15, -0.1) is 5.10 Å². The summed E-state index contributed by atoms with van der Waals surface area (Å²) in [5, 5.41) is 9.33. The Kier molecular flexibility index (Phi) is 7.03. The third-order valence-corrected chi connectivity index (χ3v) is 4.51. The second-order valence-corrected chi connectivity index (χ2v) is 6.55. The second kappa shape index (κ2) is 9.11. The van der Waals surface area contributed by atoms with Gasteiger partial charge in [0, 0.05) is 25.2 Å². The van der Waals surface area contributed by atoms with Crippen LogP contribution in [0.25, 0.3) is 0 Å². The Balaban J connectivity index is 2.36. The van der Waals surface area contributed by atoms with Crippen molar-refractivity contribution in [2.75, 3.05) is 5.32 Å². The van der Waals surface area contributed by atoms with E-state index in [1.807, 2.05) is 0 Å². The third-order valence-electron chi connectivity index (χ3n) is 4.51. The minimum absolute atomic E-state index is 0.0400. The summed E-state index contributed by atoms with van der Waals surface area (Å²) in [4.78, 5) is 32.1. The van der Waals surface area contributed by atoms with E-state index in [1.165, 1.54) is 50.5 Å². The Morgan fingerprint density at radius 3 is 2.47 bits per heavy atom. The van der Waals surface area contributed by atoms with E-state index in [0.29, 0.717) is 0 Å². The summed E-state index contributed by atoms with van der Waals surface area (Å²) in [6.45, 7) is 3.19. The van der Waals surface area contributed by atoms with Crippen molar-refractivity contribution in [3.05, 3.63) is 47.9 Å². The normalized spacial score (nSPS) is 14.7. The molecule has 0 aliphatic rings. The SMILES string of the molecule is CC(=O)Nc1cc(C(C)C(C)(ONC(=O)c2cccnn2)C(F)(F)C(F)F)ccn1. The zero-order valence-electron chi connectivity index (χ0n) is 16.2. The summed E-state index contributed by atoms with van der Waals surface area (Å²) < 4.78 is 55.6. The lowest BCUT2D eigenvalue weighted by Crippen LogP contribution is -2.58. The van der Waals surface area contributed by atoms with Gasteiger partial charge in [-0.1, -0.05) is 6.92 Å². The molecule has 2 N–H and O–H groups in total. The van der Waals surface area contributed by atoms with Gasteiger partial charge in [-0.05, 0) is 36.8 Å². The van der Waals surface area contributed by atoms with E-state index in [4.69, 9.17) is 4.84 Å². The molecule has 0 radical (unpaired) electrons. The van der Waals surface area contributed by atoms with Crippen LogP contribution in [0.2, 0.25) is 0 Å². The van der Waals surface area contributed by atoms with Crippen molar-refractivity contribution in [3.63, 3.8) is 0 Å². The van der Waals surface area contributed by atoms with E-state index in [1.54, 1.807) is 5.48 Å². The van der Waals surface area contributed by atoms with Crippen molar-refractivity contribution in [2.24, 2.45) is 0 Å². The highest BCUT2D eigenvalue weighted by Crippen LogP contribution is 2.45. The molecular weight excluding hydrogens is 410 g/mol. The van der Waals surface area contributed by atoms with Crippen LogP contribution in [-0.2, 0) is 9.63 Å². The topological polar surface area (TPSA) is 106 Å². The van der Waals surface area contributed by atoms with Gasteiger partial charge in [0.25, 0.3) is 5.91 Å². The van der Waals surface area contributed by atoms with Gasteiger partial charge in [0.15, 0.2) is 11.3 Å². The van der Waals surface area contributed by atoms with E-state index in [9.17, 15) is 27.2 Å². The standard InChI is InChI=1S/C18H19F4N5O3/c1-10(12-6-8-23-14(9-12)25-11(2)28)17(3,18(21,22)16(19)20)30-27-15(29)13-5-4-7-24-26-13/h4-10,16H,1-3H3,(H,27,29)(H,23,25,28). The highest BCUT2D eigenvalue weighted by Gasteiger charge is 2.62. The van der Waals surface area contributed by atoms with Gasteiger partial charge >= 0.3 is 12.3 Å². The average Bonchev–Trinajstić information content (AvgIpc) is 2.71. The van der Waals surface area contributed by atoms with Gasteiger partial charge in [-0.3, -0.25) is 14.4 Å². The number of aromatic nitrogens is 3. The molecule has 0 aliphatic heterocycles. The first-order chi connectivity index (χ1) is 14.0. The van der Waals surface area contributed by atoms with E-state index >= 15 is 0 Å². The summed E-state index contributed by atoms with van der Waals surface area (Å²) in [6, 6.07) is 5.17. The lowest BCUT2D eigenvalue weighted by Gasteiger charge is -2.40. The molecule has 2 heterocycles. The lowest BCUT2D eigenvalue weighted by atomic mass is 9.80. The maximum absolute atomic E-state index is 14.6. The fourth-order valence-electron chi connectivity index (χ4n) is 2.57. The van der Waals surface area contributed by atoms with Crippen molar-refractivity contribution < 1.29 is 32.0 Å². The number of hydrogen-bond acceptors (Lipinski definition) is 6. The Hall–Kier alpha value is -3.15. The number of carbonyl (C=O) groups is 2. The van der Waals surface area contributed by atoms with Gasteiger partial charge in [0.2, 0.25) is 5.91 Å². The van der Waals surface area contributed by atoms with Crippen molar-refractivity contribution in [3.8, 4) is 0 Å². The molecule has 0 saturated carbocycles. The first kappa shape index (κ1) is 23.1. The van der Waals surface area contributed by atoms with Crippen molar-refractivity contribution in [1.82, 2.24) is 20.7 Å². The maximum Gasteiger partial charge on any atom is 0.338 e. The van der Waals surface area contributed by atoms with E-state index in [-0.39, 0.29) is 17.1 Å². The summed E-state index contributed by atoms with van der Waals surface area (Å²) >= 11 is 0. The quantitative estimate of drug-likeness (QED) is 0.494. The van der Waals surface area contributed by atoms with Gasteiger partial charge in [0.05, 0.1) is 0 Å². The Labute approximate surface area is 169 Å². The molecule has 2 aromatic heterocycles. The summed E-state index contributed by atoms with van der Waals surface area (Å²) in [5.41, 5.74) is -1.27. The number of hydrogen-bond donors (Lipinski definition) is 2. The van der Waals surface area contributed by atoms with Gasteiger partial charge in [-0.25, -0.2) is 19.2 Å². The molecule has 2 atom stereocenters. The van der Waals surface area contributed by atoms with Crippen LogP contribution in [0.4, 0.5) is 23.4 Å². The summed E-state index contributed by atoms with van der Waals surface area (Å²) in [7, 11) is 0. The first-order valence-electron chi connectivity index (χ1n) is 8.64. The fourth-order valence-corrected chi connectivity index (χ4v) is 2.57. The zero-order valence-corrected chi connectivity index (χ0v) is 16.2. The van der Waals surface area contributed by atoms with Crippen molar-refractivity contribution >= 4 is 17.6 Å². The van der Waals surface area contributed by atoms with Gasteiger partial charge in [0.1, 0.15) is 5.82 Å². The highest BCUT2D eigenvalue weighted by molar-refractivity contribution is 5.91. The third kappa shape index (κ3) is 4.87. The van der Waals surface area contributed by atoms with Gasteiger partial charge in [-0.2, -0.15) is 13.9 Å². The van der Waals surface area contributed by atoms with Crippen LogP contribution in [0.3, 0.4) is 0 Å². The molecule has 0 spiro atoms. The number of anilines is 1. The Morgan fingerprint density at radius 2 is 1.90 bits per heavy atom. The van der Waals surface area contributed by atoms with E-state index in [0.717, 1.165) is 6.92 Å². The van der Waals surface area contributed by atoms with Crippen molar-refractivity contribution in [1.29, 1.82) is 0 Å². The molecule has 2 aromatic rings. The van der Waals surface area contributed by atoms with Crippen LogP contribution in [0.1, 0.15) is 42.7 Å². The van der Waals surface area contributed by atoms with Crippen molar-refractivity contribution in [2.45, 2.75) is 44.6 Å². The molecule has 0 fully saturated rings. The van der Waals surface area contributed by atoms with Crippen LogP contribution in [0, 0.1) is 0 Å². The Bertz CT molecular complexity index is 900. The Morgan fingerprint density at radius 1 is 1.20 bits per heavy atom. The number of amides is 2. The van der Waals surface area contributed by atoms with E-state index < -0.39 is 35.7 Å². The summed E-state index contributed by atoms with van der Waals surface area (Å²) in [6.07, 6.45) is -1.59. The predicted molar refractivity (Wildman–Crippen MR) is 96.9 cm³/mol. The van der Waals surface area contributed by atoms with Crippen LogP contribution in [0.5, 0.6) is 0 Å². The second-order valence-electron chi connectivity index (χ2n) is 6.55. The lowest BCUT2D eigenvalue weighted by molar-refractivity contribution is -0.274. The molecule has 0 aromatic carbocycles. The monoisotopic (exact) mass is 429 g/mol.